The summed E-state index contributed by atoms with van der Waals surface area (Å²) >= 11 is 0. The van der Waals surface area contributed by atoms with Crippen molar-refractivity contribution >= 4 is 17.5 Å². The Bertz CT molecular complexity index is 833. The first-order valence-corrected chi connectivity index (χ1v) is 11.5. The van der Waals surface area contributed by atoms with Crippen molar-refractivity contribution in [1.82, 2.24) is 25.8 Å². The quantitative estimate of drug-likeness (QED) is 0.553. The van der Waals surface area contributed by atoms with Crippen LogP contribution in [0.3, 0.4) is 0 Å². The van der Waals surface area contributed by atoms with Gasteiger partial charge in [0.2, 0.25) is 11.9 Å². The maximum absolute atomic E-state index is 14.5. The van der Waals surface area contributed by atoms with Crippen LogP contribution in [0.25, 0.3) is 0 Å². The molecule has 1 aromatic rings. The molecule has 1 aromatic heterocycles. The molecule has 1 aliphatic carbocycles. The van der Waals surface area contributed by atoms with Crippen LogP contribution in [0.2, 0.25) is 0 Å². The number of hydrogen-bond donors (Lipinski definition) is 3. The Morgan fingerprint density at radius 2 is 2.00 bits per heavy atom. The zero-order valence-electron chi connectivity index (χ0n) is 18.4. The van der Waals surface area contributed by atoms with Gasteiger partial charge in [0.15, 0.2) is 0 Å². The van der Waals surface area contributed by atoms with Crippen molar-refractivity contribution < 1.29 is 18.4 Å². The summed E-state index contributed by atoms with van der Waals surface area (Å²) in [4.78, 5) is 32.0. The molecule has 2 amide bonds. The van der Waals surface area contributed by atoms with Crippen molar-refractivity contribution in [2.45, 2.75) is 43.8 Å². The van der Waals surface area contributed by atoms with Gasteiger partial charge in [0.1, 0.15) is 5.69 Å². The Labute approximate surface area is 187 Å². The molecule has 32 heavy (non-hydrogen) atoms. The van der Waals surface area contributed by atoms with Crippen molar-refractivity contribution in [2.75, 3.05) is 51.3 Å². The average Bonchev–Trinajstić information content (AvgIpc) is 2.80. The van der Waals surface area contributed by atoms with Gasteiger partial charge < -0.3 is 20.9 Å². The topological polar surface area (TPSA) is 89.6 Å². The van der Waals surface area contributed by atoms with Gasteiger partial charge in [-0.25, -0.2) is 4.98 Å². The molecule has 3 fully saturated rings. The number of halogens is 2. The number of rotatable bonds is 6. The number of nitrogens with one attached hydrogen (secondary N) is 3. The Morgan fingerprint density at radius 3 is 2.69 bits per heavy atom. The van der Waals surface area contributed by atoms with Crippen LogP contribution in [-0.4, -0.2) is 86.3 Å². The summed E-state index contributed by atoms with van der Waals surface area (Å²) in [6, 6.07) is 3.10. The monoisotopic (exact) mass is 450 g/mol. The van der Waals surface area contributed by atoms with Gasteiger partial charge in [-0.2, -0.15) is 4.39 Å². The first kappa shape index (κ1) is 22.8. The lowest BCUT2D eigenvalue weighted by Crippen LogP contribution is -2.65. The molecule has 4 unspecified atom stereocenters. The number of aromatic nitrogens is 1. The van der Waals surface area contributed by atoms with Gasteiger partial charge in [-0.1, -0.05) is 0 Å². The van der Waals surface area contributed by atoms with Gasteiger partial charge in [0.05, 0.1) is 18.4 Å². The number of carbonyl (C=O) groups is 2. The molecule has 3 N–H and O–H groups in total. The summed E-state index contributed by atoms with van der Waals surface area (Å²) in [5.74, 6) is -0.620. The number of nitrogens with zero attached hydrogens (tertiary/aromatic N) is 3. The first-order valence-electron chi connectivity index (χ1n) is 11.5. The highest BCUT2D eigenvalue weighted by Gasteiger charge is 2.39. The zero-order chi connectivity index (χ0) is 22.7. The van der Waals surface area contributed by atoms with Crippen LogP contribution in [0, 0.1) is 11.9 Å². The number of anilines is 1. The van der Waals surface area contributed by atoms with Crippen LogP contribution in [0.4, 0.5) is 14.5 Å². The van der Waals surface area contributed by atoms with E-state index < -0.39 is 24.6 Å². The molecule has 4 rings (SSSR count). The molecule has 176 valence electrons. The van der Waals surface area contributed by atoms with Gasteiger partial charge in [-0.05, 0) is 43.7 Å². The molecule has 0 aromatic carbocycles. The number of piperazine rings is 2. The van der Waals surface area contributed by atoms with E-state index in [1.165, 1.54) is 7.05 Å². The minimum absolute atomic E-state index is 0.0725. The molecule has 3 aliphatic rings. The molecule has 10 heteroatoms. The third-order valence-electron chi connectivity index (χ3n) is 6.93. The maximum Gasteiger partial charge on any atom is 0.269 e. The van der Waals surface area contributed by atoms with Crippen LogP contribution in [0.15, 0.2) is 12.1 Å². The highest BCUT2D eigenvalue weighted by molar-refractivity contribution is 5.92. The predicted molar refractivity (Wildman–Crippen MR) is 117 cm³/mol. The second kappa shape index (κ2) is 10.1. The molecular weight excluding hydrogens is 418 g/mol. The van der Waals surface area contributed by atoms with Crippen molar-refractivity contribution in [1.29, 1.82) is 0 Å². The summed E-state index contributed by atoms with van der Waals surface area (Å²) in [6.45, 7) is 3.50. The van der Waals surface area contributed by atoms with E-state index in [0.717, 1.165) is 38.9 Å². The SMILES string of the molecule is CNC(=O)c1ccc(N2CCN(CC3CCC4NC(CCF)C(=O)NC4C3)CC2)c(F)n1. The van der Waals surface area contributed by atoms with Crippen molar-refractivity contribution in [3.63, 3.8) is 0 Å². The highest BCUT2D eigenvalue weighted by Crippen LogP contribution is 2.29. The summed E-state index contributed by atoms with van der Waals surface area (Å²) < 4.78 is 27.1. The van der Waals surface area contributed by atoms with Gasteiger partial charge in [-0.15, -0.1) is 0 Å². The van der Waals surface area contributed by atoms with Crippen molar-refractivity contribution in [2.24, 2.45) is 5.92 Å². The second-order valence-corrected chi connectivity index (χ2v) is 8.97. The normalized spacial score (nSPS) is 28.7. The molecule has 0 spiro atoms. The number of pyridine rings is 1. The van der Waals surface area contributed by atoms with Gasteiger partial charge >= 0.3 is 0 Å². The summed E-state index contributed by atoms with van der Waals surface area (Å²) in [7, 11) is 1.49. The fraction of sp³-hybridized carbons (Fsp3) is 0.682. The third kappa shape index (κ3) is 5.01. The minimum atomic E-state index is -0.621. The molecule has 0 radical (unpaired) electrons. The Balaban J connectivity index is 1.26. The van der Waals surface area contributed by atoms with E-state index >= 15 is 0 Å². The van der Waals surface area contributed by atoms with Gasteiger partial charge in [0, 0.05) is 51.9 Å². The number of amides is 2. The van der Waals surface area contributed by atoms with Crippen molar-refractivity contribution in [3.8, 4) is 0 Å². The van der Waals surface area contributed by atoms with Crippen LogP contribution < -0.4 is 20.9 Å². The molecular formula is C22H32F2N6O2. The van der Waals surface area contributed by atoms with Crippen molar-refractivity contribution in [3.05, 3.63) is 23.8 Å². The lowest BCUT2D eigenvalue weighted by Gasteiger charge is -2.44. The fourth-order valence-corrected chi connectivity index (χ4v) is 5.18. The number of carbonyl (C=O) groups excluding carboxylic acids is 2. The average molecular weight is 451 g/mol. The Morgan fingerprint density at radius 1 is 1.22 bits per heavy atom. The van der Waals surface area contributed by atoms with E-state index in [-0.39, 0.29) is 30.1 Å². The van der Waals surface area contributed by atoms with E-state index in [4.69, 9.17) is 0 Å². The first-order chi connectivity index (χ1) is 15.5. The fourth-order valence-electron chi connectivity index (χ4n) is 5.18. The number of fused-ring (bicyclic) bond motifs is 1. The second-order valence-electron chi connectivity index (χ2n) is 8.97. The molecule has 8 nitrogen and oxygen atoms in total. The largest absolute Gasteiger partial charge is 0.365 e. The van der Waals surface area contributed by atoms with Gasteiger partial charge in [-0.3, -0.25) is 18.9 Å². The Kier molecular flexibility index (Phi) is 7.20. The standard InChI is InChI=1S/C22H32F2N6O2/c1-25-21(31)16-4-5-19(20(24)27-16)30-10-8-29(9-11-30)13-14-2-3-15-18(12-14)28-22(32)17(26-15)6-7-23/h4-5,14-15,17-18,26H,2-3,6-13H2,1H3,(H,25,31)(H,28,32). The number of alkyl halides is 1. The molecule has 2 aliphatic heterocycles. The molecule has 3 heterocycles. The summed E-state index contributed by atoms with van der Waals surface area (Å²) in [6.07, 6.45) is 3.21. The van der Waals surface area contributed by atoms with Crippen LogP contribution in [-0.2, 0) is 4.79 Å². The highest BCUT2D eigenvalue weighted by atomic mass is 19.1. The zero-order valence-corrected chi connectivity index (χ0v) is 18.4. The summed E-state index contributed by atoms with van der Waals surface area (Å²) in [5, 5.41) is 8.88. The third-order valence-corrected chi connectivity index (χ3v) is 6.93. The predicted octanol–water partition coefficient (Wildman–Crippen LogP) is 0.687. The summed E-state index contributed by atoms with van der Waals surface area (Å²) in [5.41, 5.74) is 0.500. The molecule has 4 atom stereocenters. The minimum Gasteiger partial charge on any atom is -0.365 e. The number of hydrogen-bond acceptors (Lipinski definition) is 6. The van der Waals surface area contributed by atoms with E-state index in [1.807, 2.05) is 4.90 Å². The van der Waals surface area contributed by atoms with Crippen LogP contribution in [0.1, 0.15) is 36.2 Å². The molecule has 1 saturated carbocycles. The lowest BCUT2D eigenvalue weighted by atomic mass is 9.80. The molecule has 0 bridgehead atoms. The maximum atomic E-state index is 14.5. The lowest BCUT2D eigenvalue weighted by molar-refractivity contribution is -0.127. The van der Waals surface area contributed by atoms with E-state index in [1.54, 1.807) is 12.1 Å². The smallest absolute Gasteiger partial charge is 0.269 e. The van der Waals surface area contributed by atoms with E-state index in [2.05, 4.69) is 25.8 Å². The Hall–Kier alpha value is -2.33. The van der Waals surface area contributed by atoms with E-state index in [9.17, 15) is 18.4 Å². The van der Waals surface area contributed by atoms with E-state index in [0.29, 0.717) is 24.7 Å². The molecule has 2 saturated heterocycles. The van der Waals surface area contributed by atoms with Gasteiger partial charge in [0.25, 0.3) is 5.91 Å². The van der Waals surface area contributed by atoms with Crippen LogP contribution in [0.5, 0.6) is 0 Å². The van der Waals surface area contributed by atoms with Crippen LogP contribution >= 0.6 is 0 Å².